The maximum absolute atomic E-state index is 12.4. The zero-order chi connectivity index (χ0) is 16.5. The molecule has 0 saturated carbocycles. The summed E-state index contributed by atoms with van der Waals surface area (Å²) in [6, 6.07) is 6.97. The predicted octanol–water partition coefficient (Wildman–Crippen LogP) is 1.05. The number of aromatic nitrogens is 3. The highest BCUT2D eigenvalue weighted by molar-refractivity contribution is 5.40. The van der Waals surface area contributed by atoms with Crippen LogP contribution in [0.25, 0.3) is 0 Å². The van der Waals surface area contributed by atoms with Gasteiger partial charge >= 0.3 is 0 Å². The Labute approximate surface area is 138 Å². The van der Waals surface area contributed by atoms with Crippen LogP contribution in [0.2, 0.25) is 0 Å². The maximum Gasteiger partial charge on any atom is 0.267 e. The Morgan fingerprint density at radius 3 is 3.04 bits per heavy atom. The van der Waals surface area contributed by atoms with E-state index in [-0.39, 0.29) is 17.6 Å². The molecule has 0 aromatic carbocycles. The molecule has 0 amide bonds. The molecule has 2 atom stereocenters. The summed E-state index contributed by atoms with van der Waals surface area (Å²) < 4.78 is 7.13. The van der Waals surface area contributed by atoms with Crippen molar-refractivity contribution < 1.29 is 4.74 Å². The number of fused-ring (bicyclic) bond motifs is 1. The van der Waals surface area contributed by atoms with Crippen molar-refractivity contribution in [3.8, 4) is 6.07 Å². The molecule has 122 valence electrons. The molecule has 2 unspecified atom stereocenters. The number of pyridine rings is 1. The van der Waals surface area contributed by atoms with Gasteiger partial charge in [-0.2, -0.15) is 10.4 Å². The quantitative estimate of drug-likeness (QED) is 0.907. The Hall–Kier alpha value is -2.72. The zero-order valence-corrected chi connectivity index (χ0v) is 13.1. The molecule has 0 bridgehead atoms. The van der Waals surface area contributed by atoms with E-state index in [0.717, 1.165) is 30.5 Å². The van der Waals surface area contributed by atoms with E-state index in [0.29, 0.717) is 24.6 Å². The highest BCUT2D eigenvalue weighted by Crippen LogP contribution is 2.23. The molecule has 1 aliphatic heterocycles. The molecule has 0 radical (unpaired) electrons. The molecular weight excluding hydrogens is 306 g/mol. The van der Waals surface area contributed by atoms with E-state index in [2.05, 4.69) is 15.4 Å². The van der Waals surface area contributed by atoms with E-state index in [1.807, 2.05) is 6.07 Å². The number of hydrogen-bond acceptors (Lipinski definition) is 6. The van der Waals surface area contributed by atoms with Crippen LogP contribution in [0.1, 0.15) is 29.3 Å². The summed E-state index contributed by atoms with van der Waals surface area (Å²) in [5.41, 5.74) is 2.53. The zero-order valence-electron chi connectivity index (χ0n) is 13.1. The van der Waals surface area contributed by atoms with E-state index < -0.39 is 0 Å². The second-order valence-electron chi connectivity index (χ2n) is 6.15. The number of ether oxygens (including phenoxy) is 1. The van der Waals surface area contributed by atoms with Crippen LogP contribution in [0, 0.1) is 11.3 Å². The van der Waals surface area contributed by atoms with Crippen LogP contribution in [-0.2, 0) is 17.6 Å². The molecule has 7 heteroatoms. The SMILES string of the molecule is N#Cc1ccc(NC2COCC2n2nc3c(cc2=O)CCC3)nc1. The monoisotopic (exact) mass is 323 g/mol. The molecule has 7 nitrogen and oxygen atoms in total. The Morgan fingerprint density at radius 2 is 2.25 bits per heavy atom. The molecule has 2 aromatic heterocycles. The van der Waals surface area contributed by atoms with Crippen LogP contribution in [0.4, 0.5) is 5.82 Å². The van der Waals surface area contributed by atoms with Crippen molar-refractivity contribution in [2.24, 2.45) is 0 Å². The summed E-state index contributed by atoms with van der Waals surface area (Å²) in [4.78, 5) is 16.6. The highest BCUT2D eigenvalue weighted by atomic mass is 16.5. The van der Waals surface area contributed by atoms with Gasteiger partial charge in [0.05, 0.1) is 30.5 Å². The highest BCUT2D eigenvalue weighted by Gasteiger charge is 2.32. The van der Waals surface area contributed by atoms with E-state index in [4.69, 9.17) is 10.00 Å². The van der Waals surface area contributed by atoms with Crippen molar-refractivity contribution in [2.75, 3.05) is 18.5 Å². The van der Waals surface area contributed by atoms with E-state index in [1.165, 1.54) is 6.20 Å². The molecule has 24 heavy (non-hydrogen) atoms. The van der Waals surface area contributed by atoms with Crippen molar-refractivity contribution in [3.05, 3.63) is 51.6 Å². The van der Waals surface area contributed by atoms with Gasteiger partial charge in [0.2, 0.25) is 0 Å². The largest absolute Gasteiger partial charge is 0.377 e. The average molecular weight is 323 g/mol. The topological polar surface area (TPSA) is 92.8 Å². The van der Waals surface area contributed by atoms with Gasteiger partial charge in [-0.15, -0.1) is 0 Å². The first kappa shape index (κ1) is 14.8. The van der Waals surface area contributed by atoms with Gasteiger partial charge in [-0.05, 0) is 37.0 Å². The molecule has 1 N–H and O–H groups in total. The van der Waals surface area contributed by atoms with Crippen molar-refractivity contribution in [1.29, 1.82) is 5.26 Å². The van der Waals surface area contributed by atoms with Gasteiger partial charge in [-0.25, -0.2) is 9.67 Å². The van der Waals surface area contributed by atoms with Crippen molar-refractivity contribution in [1.82, 2.24) is 14.8 Å². The summed E-state index contributed by atoms with van der Waals surface area (Å²) in [7, 11) is 0. The minimum Gasteiger partial charge on any atom is -0.377 e. The number of rotatable bonds is 3. The van der Waals surface area contributed by atoms with E-state index in [9.17, 15) is 4.79 Å². The van der Waals surface area contributed by atoms with Gasteiger partial charge in [-0.1, -0.05) is 0 Å². The van der Waals surface area contributed by atoms with Crippen LogP contribution >= 0.6 is 0 Å². The fourth-order valence-electron chi connectivity index (χ4n) is 3.31. The average Bonchev–Trinajstić information content (AvgIpc) is 3.23. The minimum absolute atomic E-state index is 0.0780. The van der Waals surface area contributed by atoms with E-state index >= 15 is 0 Å². The second-order valence-corrected chi connectivity index (χ2v) is 6.15. The second kappa shape index (κ2) is 6.06. The summed E-state index contributed by atoms with van der Waals surface area (Å²) in [5, 5.41) is 16.7. The molecule has 0 spiro atoms. The standard InChI is InChI=1S/C17H17N5O2/c18-7-11-4-5-16(19-8-11)20-14-9-24-10-15(14)22-17(23)6-12-2-1-3-13(12)21-22/h4-6,8,14-15H,1-3,9-10H2,(H,19,20). The smallest absolute Gasteiger partial charge is 0.267 e. The molecule has 3 heterocycles. The Balaban J connectivity index is 1.59. The van der Waals surface area contributed by atoms with Crippen molar-refractivity contribution in [2.45, 2.75) is 31.3 Å². The lowest BCUT2D eigenvalue weighted by molar-refractivity contribution is 0.182. The van der Waals surface area contributed by atoms with Crippen LogP contribution in [0.5, 0.6) is 0 Å². The predicted molar refractivity (Wildman–Crippen MR) is 86.7 cm³/mol. The molecule has 1 saturated heterocycles. The number of nitrogens with zero attached hydrogens (tertiary/aromatic N) is 4. The van der Waals surface area contributed by atoms with Crippen molar-refractivity contribution in [3.63, 3.8) is 0 Å². The lowest BCUT2D eigenvalue weighted by atomic mass is 10.1. The Kier molecular flexibility index (Phi) is 3.75. The van der Waals surface area contributed by atoms with Gasteiger partial charge in [0, 0.05) is 12.3 Å². The molecule has 2 aliphatic rings. The fourth-order valence-corrected chi connectivity index (χ4v) is 3.31. The summed E-state index contributed by atoms with van der Waals surface area (Å²) in [5.74, 6) is 0.656. The third-order valence-corrected chi connectivity index (χ3v) is 4.57. The third-order valence-electron chi connectivity index (χ3n) is 4.57. The third kappa shape index (κ3) is 2.65. The first-order valence-electron chi connectivity index (χ1n) is 8.06. The number of nitrogens with one attached hydrogen (secondary N) is 1. The van der Waals surface area contributed by atoms with Gasteiger partial charge in [0.25, 0.3) is 5.56 Å². The van der Waals surface area contributed by atoms with Gasteiger partial charge in [-0.3, -0.25) is 4.79 Å². The fraction of sp³-hybridized carbons (Fsp3) is 0.412. The van der Waals surface area contributed by atoms with Gasteiger partial charge in [0.1, 0.15) is 17.9 Å². The Bertz CT molecular complexity index is 853. The van der Waals surface area contributed by atoms with Crippen molar-refractivity contribution >= 4 is 5.82 Å². The molecule has 4 rings (SSSR count). The minimum atomic E-state index is -0.166. The summed E-state index contributed by atoms with van der Waals surface area (Å²) in [6.45, 7) is 0.928. The number of nitriles is 1. The van der Waals surface area contributed by atoms with E-state index in [1.54, 1.807) is 22.9 Å². The molecule has 1 aliphatic carbocycles. The summed E-state index contributed by atoms with van der Waals surface area (Å²) in [6.07, 6.45) is 4.45. The van der Waals surface area contributed by atoms with Crippen LogP contribution < -0.4 is 10.9 Å². The normalized spacial score (nSPS) is 22.1. The van der Waals surface area contributed by atoms with Gasteiger partial charge in [0.15, 0.2) is 0 Å². The molecule has 2 aromatic rings. The summed E-state index contributed by atoms with van der Waals surface area (Å²) >= 11 is 0. The Morgan fingerprint density at radius 1 is 1.33 bits per heavy atom. The van der Waals surface area contributed by atoms with Crippen LogP contribution in [0.15, 0.2) is 29.2 Å². The first-order chi connectivity index (χ1) is 11.7. The number of anilines is 1. The lowest BCUT2D eigenvalue weighted by Crippen LogP contribution is -2.38. The first-order valence-corrected chi connectivity index (χ1v) is 8.06. The lowest BCUT2D eigenvalue weighted by Gasteiger charge is -2.21. The van der Waals surface area contributed by atoms with Crippen LogP contribution in [0.3, 0.4) is 0 Å². The number of aryl methyl sites for hydroxylation is 2. The van der Waals surface area contributed by atoms with Gasteiger partial charge < -0.3 is 10.1 Å². The maximum atomic E-state index is 12.4. The van der Waals surface area contributed by atoms with Crippen LogP contribution in [-0.4, -0.2) is 34.0 Å². The number of hydrogen-bond donors (Lipinski definition) is 1. The molecular formula is C17H17N5O2. The molecule has 1 fully saturated rings.